The quantitative estimate of drug-likeness (QED) is 0.0788. The Balaban J connectivity index is 0.957. The molecule has 2 aliphatic carbocycles. The Bertz CT molecular complexity index is 2680. The van der Waals surface area contributed by atoms with Gasteiger partial charge in [0.1, 0.15) is 47.5 Å². The average Bonchev–Trinajstić information content (AvgIpc) is 3.62. The summed E-state index contributed by atoms with van der Waals surface area (Å²) in [6.45, 7) is 1.08. The Morgan fingerprint density at radius 3 is 2.47 bits per heavy atom. The lowest BCUT2D eigenvalue weighted by Gasteiger charge is -2.45. The molecule has 0 bridgehead atoms. The molecule has 1 unspecified atom stereocenters. The van der Waals surface area contributed by atoms with Crippen molar-refractivity contribution in [3.63, 3.8) is 0 Å². The Morgan fingerprint density at radius 1 is 0.933 bits per heavy atom. The Hall–Kier alpha value is -7.26. The van der Waals surface area contributed by atoms with E-state index in [2.05, 4.69) is 10.6 Å². The number of ether oxygens (including phenoxy) is 2. The van der Waals surface area contributed by atoms with Crippen molar-refractivity contribution in [2.75, 3.05) is 18.5 Å². The molecule has 0 saturated heterocycles. The van der Waals surface area contributed by atoms with Crippen LogP contribution in [0.5, 0.6) is 11.5 Å². The number of phenolic OH excluding ortho intramolecular Hbond substituents is 1. The van der Waals surface area contributed by atoms with Gasteiger partial charge in [0.15, 0.2) is 5.43 Å². The highest BCUT2D eigenvalue weighted by atomic mass is 19.1. The van der Waals surface area contributed by atoms with Crippen LogP contribution in [0.1, 0.15) is 40.7 Å². The number of aromatic hydroxyl groups is 1. The standard InChI is InChI=1S/C45H38FN3O11/c1-23(50)49(22-24-6-8-25(46)9-7-24)35-21-34(40-30-4-2-3-5-36(30)60-42(40)41(35)53)43(54)47-16-17-58-45(57)48-26-10-13-29(33(18-26)44(55)56)39-31-14-11-27(51)19-37(31)59-38-20-28(52)12-15-32(38)39/h2-15,18-20,34-35,40-42,51,53H,16-17,21-22H2,1H3,(H,47,54)(H,48,57)(H,55,56)/t34?,35-,40+,41+,42+/m1/s1. The van der Waals surface area contributed by atoms with E-state index in [1.54, 1.807) is 30.3 Å². The van der Waals surface area contributed by atoms with Gasteiger partial charge in [-0.2, -0.15) is 0 Å². The average molecular weight is 816 g/mol. The van der Waals surface area contributed by atoms with Crippen LogP contribution < -0.4 is 20.8 Å². The highest BCUT2D eigenvalue weighted by molar-refractivity contribution is 6.08. The number of nitrogens with one attached hydrogen (secondary N) is 2. The van der Waals surface area contributed by atoms with Crippen molar-refractivity contribution < 1.29 is 52.8 Å². The number of rotatable bonds is 10. The van der Waals surface area contributed by atoms with Gasteiger partial charge in [-0.15, -0.1) is 0 Å². The minimum absolute atomic E-state index is 0.0701. The zero-order valence-corrected chi connectivity index (χ0v) is 32.0. The van der Waals surface area contributed by atoms with Crippen molar-refractivity contribution in [3.8, 4) is 33.9 Å². The lowest BCUT2D eigenvalue weighted by molar-refractivity contribution is -0.146. The fourth-order valence-electron chi connectivity index (χ4n) is 8.35. The zero-order chi connectivity index (χ0) is 42.2. The van der Waals surface area contributed by atoms with Gasteiger partial charge in [0.25, 0.3) is 0 Å². The molecule has 5 N–H and O–H groups in total. The number of halogens is 1. The number of aliphatic hydroxyl groups excluding tert-OH is 1. The molecule has 0 spiro atoms. The van der Waals surface area contributed by atoms with Gasteiger partial charge in [-0.05, 0) is 72.1 Å². The minimum Gasteiger partial charge on any atom is -0.508 e. The number of carboxylic acids is 1. The molecule has 4 aromatic carbocycles. The molecular weight excluding hydrogens is 778 g/mol. The SMILES string of the molecule is CC(=O)N(Cc1ccc(F)cc1)[C@@H]1CC(C(=O)NCCOC(=O)Nc2ccc(-c3c4ccc(=O)cc-4oc4cc(O)ccc34)c(C(=O)O)c2)[C@@H]2c3ccccc3O[C@@H]2[C@H]1O. The van der Waals surface area contributed by atoms with Crippen LogP contribution in [0.25, 0.3) is 33.4 Å². The first-order valence-electron chi connectivity index (χ1n) is 19.1. The van der Waals surface area contributed by atoms with Crippen LogP contribution in [-0.2, 0) is 20.9 Å². The molecule has 8 rings (SSSR count). The molecule has 2 heterocycles. The molecule has 306 valence electrons. The first-order valence-corrected chi connectivity index (χ1v) is 19.1. The molecule has 3 amide bonds. The van der Waals surface area contributed by atoms with Crippen molar-refractivity contribution >= 4 is 40.5 Å². The third-order valence-electron chi connectivity index (χ3n) is 11.0. The van der Waals surface area contributed by atoms with Crippen LogP contribution in [0.4, 0.5) is 14.9 Å². The largest absolute Gasteiger partial charge is 0.508 e. The summed E-state index contributed by atoms with van der Waals surface area (Å²) in [5, 5.41) is 37.8. The summed E-state index contributed by atoms with van der Waals surface area (Å²) in [7, 11) is 0. The van der Waals surface area contributed by atoms with E-state index in [0.29, 0.717) is 27.8 Å². The van der Waals surface area contributed by atoms with Gasteiger partial charge in [0, 0.05) is 59.3 Å². The molecular formula is C45H38FN3O11. The number of carbonyl (C=O) groups excluding carboxylic acids is 3. The van der Waals surface area contributed by atoms with Crippen molar-refractivity contribution in [2.45, 2.75) is 44.1 Å². The molecule has 4 aromatic rings. The number of benzene rings is 5. The molecule has 5 atom stereocenters. The molecule has 0 aromatic heterocycles. The highest BCUT2D eigenvalue weighted by Crippen LogP contribution is 2.50. The van der Waals surface area contributed by atoms with Crippen molar-refractivity contribution in [2.24, 2.45) is 5.92 Å². The number of phenols is 1. The van der Waals surface area contributed by atoms with Gasteiger partial charge < -0.3 is 39.4 Å². The summed E-state index contributed by atoms with van der Waals surface area (Å²) in [4.78, 5) is 66.1. The summed E-state index contributed by atoms with van der Waals surface area (Å²) >= 11 is 0. The normalized spacial score (nSPS) is 19.1. The number of aromatic carboxylic acids is 1. The molecule has 0 radical (unpaired) electrons. The number of carboxylic acid groups (broad SMARTS) is 1. The Labute approximate surface area is 341 Å². The van der Waals surface area contributed by atoms with Gasteiger partial charge in [-0.1, -0.05) is 36.4 Å². The molecule has 1 fully saturated rings. The highest BCUT2D eigenvalue weighted by Gasteiger charge is 2.54. The molecule has 15 heteroatoms. The summed E-state index contributed by atoms with van der Waals surface area (Å²) in [5.41, 5.74) is 2.36. The van der Waals surface area contributed by atoms with Crippen molar-refractivity contribution in [3.05, 3.63) is 136 Å². The van der Waals surface area contributed by atoms with E-state index in [0.717, 1.165) is 5.56 Å². The summed E-state index contributed by atoms with van der Waals surface area (Å²) in [5.74, 6) is -3.17. The van der Waals surface area contributed by atoms with E-state index in [4.69, 9.17) is 13.9 Å². The van der Waals surface area contributed by atoms with Crippen LogP contribution in [-0.4, -0.2) is 75.5 Å². The van der Waals surface area contributed by atoms with Crippen LogP contribution in [0, 0.1) is 11.7 Å². The monoisotopic (exact) mass is 815 g/mol. The van der Waals surface area contributed by atoms with Crippen molar-refractivity contribution in [1.82, 2.24) is 10.2 Å². The number of aliphatic hydroxyl groups is 1. The molecule has 14 nitrogen and oxygen atoms in total. The number of amides is 3. The molecule has 60 heavy (non-hydrogen) atoms. The number of hydrogen-bond acceptors (Lipinski definition) is 10. The first-order chi connectivity index (χ1) is 28.9. The maximum Gasteiger partial charge on any atom is 0.411 e. The lowest BCUT2D eigenvalue weighted by atomic mass is 9.70. The number of nitrogens with zero attached hydrogens (tertiary/aromatic N) is 1. The molecule has 4 aliphatic rings. The van der Waals surface area contributed by atoms with Crippen LogP contribution in [0.15, 0.2) is 112 Å². The second kappa shape index (κ2) is 16.2. The summed E-state index contributed by atoms with van der Waals surface area (Å²) < 4.78 is 31.1. The van der Waals surface area contributed by atoms with Gasteiger partial charge >= 0.3 is 12.1 Å². The second-order valence-corrected chi connectivity index (χ2v) is 14.8. The molecule has 2 aliphatic heterocycles. The fourth-order valence-corrected chi connectivity index (χ4v) is 8.35. The number of carbonyl (C=O) groups is 4. The third-order valence-corrected chi connectivity index (χ3v) is 11.0. The van der Waals surface area contributed by atoms with E-state index >= 15 is 0 Å². The fraction of sp³-hybridized carbons (Fsp3) is 0.222. The smallest absolute Gasteiger partial charge is 0.411 e. The van der Waals surface area contributed by atoms with Gasteiger partial charge in [-0.3, -0.25) is 19.7 Å². The predicted octanol–water partition coefficient (Wildman–Crippen LogP) is 6.12. The number of fused-ring (bicyclic) bond motifs is 5. The molecule has 1 saturated carbocycles. The van der Waals surface area contributed by atoms with Crippen LogP contribution in [0.2, 0.25) is 0 Å². The van der Waals surface area contributed by atoms with Crippen LogP contribution in [0.3, 0.4) is 0 Å². The number of hydrogen-bond donors (Lipinski definition) is 5. The lowest BCUT2D eigenvalue weighted by Crippen LogP contribution is -2.59. The topological polar surface area (TPSA) is 205 Å². The van der Waals surface area contributed by atoms with E-state index in [-0.39, 0.29) is 71.4 Å². The van der Waals surface area contributed by atoms with Gasteiger partial charge in [0.2, 0.25) is 11.8 Å². The summed E-state index contributed by atoms with van der Waals surface area (Å²) in [6.07, 6.45) is -2.83. The number of anilines is 1. The van der Waals surface area contributed by atoms with E-state index in [1.807, 2.05) is 12.1 Å². The third kappa shape index (κ3) is 7.69. The second-order valence-electron chi connectivity index (χ2n) is 14.8. The van der Waals surface area contributed by atoms with E-state index < -0.39 is 53.9 Å². The maximum absolute atomic E-state index is 13.9. The minimum atomic E-state index is -1.30. The summed E-state index contributed by atoms with van der Waals surface area (Å²) in [6, 6.07) is 24.8. The number of para-hydroxylation sites is 1. The predicted molar refractivity (Wildman–Crippen MR) is 215 cm³/mol. The van der Waals surface area contributed by atoms with Crippen LogP contribution >= 0.6 is 0 Å². The van der Waals surface area contributed by atoms with Gasteiger partial charge in [-0.25, -0.2) is 14.0 Å². The van der Waals surface area contributed by atoms with Gasteiger partial charge in [0.05, 0.1) is 24.1 Å². The Kier molecular flexibility index (Phi) is 10.7. The van der Waals surface area contributed by atoms with E-state index in [9.17, 15) is 43.7 Å². The van der Waals surface area contributed by atoms with Crippen molar-refractivity contribution in [1.29, 1.82) is 0 Å². The maximum atomic E-state index is 13.9. The zero-order valence-electron chi connectivity index (χ0n) is 32.0. The first kappa shape index (κ1) is 39.6. The van der Waals surface area contributed by atoms with E-state index in [1.165, 1.54) is 72.5 Å². The Morgan fingerprint density at radius 2 is 1.70 bits per heavy atom.